The zero-order valence-corrected chi connectivity index (χ0v) is 8.10. The maximum absolute atomic E-state index is 11.1. The van der Waals surface area contributed by atoms with Gasteiger partial charge >= 0.3 is 5.97 Å². The van der Waals surface area contributed by atoms with Crippen LogP contribution in [0.2, 0.25) is 0 Å². The number of aliphatic hydroxyl groups excluding tert-OH is 1. The average molecular weight is 196 g/mol. The Morgan fingerprint density at radius 1 is 1.07 bits per heavy atom. The minimum absolute atomic E-state index is 0.0590. The summed E-state index contributed by atoms with van der Waals surface area (Å²) in [7, 11) is 0. The van der Waals surface area contributed by atoms with Crippen molar-refractivity contribution in [2.75, 3.05) is 0 Å². The number of aliphatic carboxylic acids is 1. The molecule has 0 amide bonds. The van der Waals surface area contributed by atoms with Gasteiger partial charge in [0.15, 0.2) is 0 Å². The van der Waals surface area contributed by atoms with E-state index in [0.29, 0.717) is 17.8 Å². The number of hydrogen-bond donors (Lipinski definition) is 2. The van der Waals surface area contributed by atoms with Gasteiger partial charge in [0.05, 0.1) is 12.0 Å². The van der Waals surface area contributed by atoms with E-state index in [1.807, 2.05) is 0 Å². The Kier molecular flexibility index (Phi) is 1.69. The largest absolute Gasteiger partial charge is 0.481 e. The van der Waals surface area contributed by atoms with E-state index in [-0.39, 0.29) is 17.9 Å². The van der Waals surface area contributed by atoms with E-state index < -0.39 is 5.97 Å². The van der Waals surface area contributed by atoms with E-state index in [1.165, 1.54) is 0 Å². The Bertz CT molecular complexity index is 276. The van der Waals surface area contributed by atoms with Gasteiger partial charge < -0.3 is 10.2 Å². The van der Waals surface area contributed by atoms with Crippen molar-refractivity contribution in [3.63, 3.8) is 0 Å². The van der Waals surface area contributed by atoms with Crippen LogP contribution in [0.5, 0.6) is 0 Å². The molecule has 0 aliphatic heterocycles. The fraction of sp³-hybridized carbons (Fsp3) is 0.909. The normalized spacial score (nSPS) is 54.9. The van der Waals surface area contributed by atoms with E-state index in [0.717, 1.165) is 25.7 Å². The molecule has 0 unspecified atom stereocenters. The lowest BCUT2D eigenvalue weighted by molar-refractivity contribution is -0.171. The van der Waals surface area contributed by atoms with Gasteiger partial charge in [0.1, 0.15) is 0 Å². The summed E-state index contributed by atoms with van der Waals surface area (Å²) in [5, 5.41) is 19.1. The summed E-state index contributed by atoms with van der Waals surface area (Å²) in [6, 6.07) is 0. The van der Waals surface area contributed by atoms with E-state index >= 15 is 0 Å². The van der Waals surface area contributed by atoms with E-state index in [9.17, 15) is 9.90 Å². The van der Waals surface area contributed by atoms with Crippen molar-refractivity contribution < 1.29 is 15.0 Å². The summed E-state index contributed by atoms with van der Waals surface area (Å²) in [5.74, 6) is 0.605. The van der Waals surface area contributed by atoms with Crippen LogP contribution in [0.15, 0.2) is 0 Å². The number of carbonyl (C=O) groups is 1. The highest BCUT2D eigenvalue weighted by molar-refractivity contribution is 5.71. The van der Waals surface area contributed by atoms with Crippen molar-refractivity contribution in [3.05, 3.63) is 0 Å². The van der Waals surface area contributed by atoms with Crippen molar-refractivity contribution in [2.24, 2.45) is 29.6 Å². The molecule has 0 aromatic carbocycles. The zero-order valence-electron chi connectivity index (χ0n) is 8.10. The van der Waals surface area contributed by atoms with Gasteiger partial charge in [-0.25, -0.2) is 0 Å². The van der Waals surface area contributed by atoms with Crippen molar-refractivity contribution in [1.82, 2.24) is 0 Å². The SMILES string of the molecule is O=C(O)[C@@H]1[C@H]2C[C@H]3C[C@@H](C2)[C@H](O)[C@@H]1C3. The molecule has 0 spiro atoms. The summed E-state index contributed by atoms with van der Waals surface area (Å²) < 4.78 is 0. The summed E-state index contributed by atoms with van der Waals surface area (Å²) >= 11 is 0. The highest BCUT2D eigenvalue weighted by Gasteiger charge is 2.55. The molecule has 0 radical (unpaired) electrons. The zero-order chi connectivity index (χ0) is 9.87. The maximum atomic E-state index is 11.1. The predicted octanol–water partition coefficient (Wildman–Crippen LogP) is 1.11. The Labute approximate surface area is 83.1 Å². The van der Waals surface area contributed by atoms with Crippen LogP contribution in [-0.4, -0.2) is 22.3 Å². The van der Waals surface area contributed by atoms with Crippen LogP contribution >= 0.6 is 0 Å². The van der Waals surface area contributed by atoms with Gasteiger partial charge in [-0.15, -0.1) is 0 Å². The van der Waals surface area contributed by atoms with Crippen molar-refractivity contribution in [2.45, 2.75) is 31.8 Å². The molecule has 4 aliphatic carbocycles. The van der Waals surface area contributed by atoms with Gasteiger partial charge in [0.2, 0.25) is 0 Å². The number of aliphatic hydroxyl groups is 1. The van der Waals surface area contributed by atoms with E-state index in [1.54, 1.807) is 0 Å². The van der Waals surface area contributed by atoms with Gasteiger partial charge in [-0.3, -0.25) is 4.79 Å². The highest BCUT2D eigenvalue weighted by Crippen LogP contribution is 2.56. The Morgan fingerprint density at radius 2 is 1.79 bits per heavy atom. The lowest BCUT2D eigenvalue weighted by atomic mass is 9.50. The standard InChI is InChI=1S/C11H16O3/c12-10-7-2-5-1-6(4-7)9(11(13)14)8(10)3-5/h5-10,12H,1-4H2,(H,13,14)/t5-,6-,7-,8+,9+,10-/m0/s1. The lowest BCUT2D eigenvalue weighted by Gasteiger charge is -2.55. The second-order valence-corrected chi connectivity index (χ2v) is 5.35. The third kappa shape index (κ3) is 0.991. The van der Waals surface area contributed by atoms with Crippen LogP contribution in [0.4, 0.5) is 0 Å². The highest BCUT2D eigenvalue weighted by atomic mass is 16.4. The first-order chi connectivity index (χ1) is 6.66. The van der Waals surface area contributed by atoms with Gasteiger partial charge in [-0.05, 0) is 49.4 Å². The van der Waals surface area contributed by atoms with Crippen molar-refractivity contribution in [3.8, 4) is 0 Å². The summed E-state index contributed by atoms with van der Waals surface area (Å²) in [6.07, 6.45) is 3.80. The predicted molar refractivity (Wildman–Crippen MR) is 49.6 cm³/mol. The molecular weight excluding hydrogens is 180 g/mol. The van der Waals surface area contributed by atoms with Crippen LogP contribution in [0, 0.1) is 29.6 Å². The first-order valence-electron chi connectivity index (χ1n) is 5.57. The number of carboxylic acid groups (broad SMARTS) is 1. The monoisotopic (exact) mass is 196 g/mol. The molecule has 0 aromatic heterocycles. The van der Waals surface area contributed by atoms with Crippen molar-refractivity contribution >= 4 is 5.97 Å². The van der Waals surface area contributed by atoms with Gasteiger partial charge in [-0.2, -0.15) is 0 Å². The molecule has 0 saturated heterocycles. The smallest absolute Gasteiger partial charge is 0.307 e. The Morgan fingerprint density at radius 3 is 2.50 bits per heavy atom. The molecule has 78 valence electrons. The Hall–Kier alpha value is -0.570. The third-order valence-electron chi connectivity index (χ3n) is 4.66. The molecule has 14 heavy (non-hydrogen) atoms. The fourth-order valence-corrected chi connectivity index (χ4v) is 4.27. The maximum Gasteiger partial charge on any atom is 0.307 e. The molecule has 3 nitrogen and oxygen atoms in total. The average Bonchev–Trinajstić information content (AvgIpc) is 2.12. The minimum Gasteiger partial charge on any atom is -0.481 e. The van der Waals surface area contributed by atoms with Crippen LogP contribution < -0.4 is 0 Å². The Balaban J connectivity index is 1.93. The lowest BCUT2D eigenvalue weighted by Crippen LogP contribution is -2.55. The number of hydrogen-bond acceptors (Lipinski definition) is 2. The number of rotatable bonds is 1. The van der Waals surface area contributed by atoms with E-state index in [2.05, 4.69) is 0 Å². The summed E-state index contributed by atoms with van der Waals surface area (Å²) in [4.78, 5) is 11.1. The molecule has 4 bridgehead atoms. The van der Waals surface area contributed by atoms with Gasteiger partial charge in [0.25, 0.3) is 0 Å². The van der Waals surface area contributed by atoms with Crippen LogP contribution in [-0.2, 0) is 4.79 Å². The topological polar surface area (TPSA) is 57.5 Å². The molecule has 6 atom stereocenters. The molecule has 2 N–H and O–H groups in total. The molecule has 0 aromatic rings. The summed E-state index contributed by atoms with van der Waals surface area (Å²) in [5.41, 5.74) is 0. The molecule has 0 heterocycles. The molecule has 4 saturated carbocycles. The van der Waals surface area contributed by atoms with Crippen LogP contribution in [0.3, 0.4) is 0 Å². The van der Waals surface area contributed by atoms with Crippen molar-refractivity contribution in [1.29, 1.82) is 0 Å². The second kappa shape index (κ2) is 2.72. The van der Waals surface area contributed by atoms with Crippen LogP contribution in [0.1, 0.15) is 25.7 Å². The molecular formula is C11H16O3. The van der Waals surface area contributed by atoms with Gasteiger partial charge in [-0.1, -0.05) is 0 Å². The molecule has 4 aliphatic rings. The molecule has 4 rings (SSSR count). The number of carboxylic acids is 1. The molecule has 3 heteroatoms. The third-order valence-corrected chi connectivity index (χ3v) is 4.66. The first kappa shape index (κ1) is 8.72. The van der Waals surface area contributed by atoms with E-state index in [4.69, 9.17) is 5.11 Å². The quantitative estimate of drug-likeness (QED) is 0.660. The second-order valence-electron chi connectivity index (χ2n) is 5.35. The first-order valence-corrected chi connectivity index (χ1v) is 5.57. The van der Waals surface area contributed by atoms with Gasteiger partial charge in [0, 0.05) is 0 Å². The molecule has 4 fully saturated rings. The van der Waals surface area contributed by atoms with Crippen LogP contribution in [0.25, 0.3) is 0 Å². The summed E-state index contributed by atoms with van der Waals surface area (Å²) in [6.45, 7) is 0. The fourth-order valence-electron chi connectivity index (χ4n) is 4.27. The minimum atomic E-state index is -0.683.